The van der Waals surface area contributed by atoms with E-state index in [-0.39, 0.29) is 0 Å². The second kappa shape index (κ2) is 2.60. The third-order valence-electron chi connectivity index (χ3n) is 0.172. The monoisotopic (exact) mass is 396 g/mol. The van der Waals surface area contributed by atoms with Gasteiger partial charge in [0.2, 0.25) is 0 Å². The minimum absolute atomic E-state index is 2.91. The van der Waals surface area contributed by atoms with Crippen LogP contribution < -0.4 is 0 Å². The van der Waals surface area contributed by atoms with Crippen molar-refractivity contribution in [3.05, 3.63) is 0 Å². The van der Waals surface area contributed by atoms with Crippen LogP contribution in [-0.4, -0.2) is 7.52 Å². The number of rotatable bonds is 2. The first-order valence-electron chi connectivity index (χ1n) is 1.37. The van der Waals surface area contributed by atoms with Gasteiger partial charge in [0.25, 0.3) is 0 Å². The molecule has 9 heteroatoms. The Hall–Kier alpha value is 0.457. The van der Waals surface area contributed by atoms with Gasteiger partial charge in [0, 0.05) is 0 Å². The normalized spacial score (nSPS) is 13.6. The molecule has 0 aromatic rings. The molecule has 0 aromatic heterocycles. The van der Waals surface area contributed by atoms with E-state index < -0.39 is 33.5 Å². The molecular formula is H2MoO7W. The molecule has 0 unspecified atom stereocenters. The predicted octanol–water partition coefficient (Wildman–Crippen LogP) is -1.66. The molecule has 9 heavy (non-hydrogen) atoms. The summed E-state index contributed by atoms with van der Waals surface area (Å²) in [6.45, 7) is 0. The SMILES string of the molecule is [O]=[Mo](=[O])([OH])[O][W](=[O])(=[O])[OH]. The Morgan fingerprint density at radius 3 is 1.67 bits per heavy atom. The van der Waals surface area contributed by atoms with Crippen molar-refractivity contribution in [1.29, 1.82) is 0 Å². The van der Waals surface area contributed by atoms with E-state index in [4.69, 9.17) is 7.52 Å². The van der Waals surface area contributed by atoms with Gasteiger partial charge >= 0.3 is 56.6 Å². The van der Waals surface area contributed by atoms with E-state index in [1.54, 1.807) is 0 Å². The molecule has 0 radical (unpaired) electrons. The van der Waals surface area contributed by atoms with Gasteiger partial charge < -0.3 is 0 Å². The quantitative estimate of drug-likeness (QED) is 0.539. The maximum atomic E-state index is 9.59. The van der Waals surface area contributed by atoms with Crippen molar-refractivity contribution in [3.63, 3.8) is 0 Å². The Labute approximate surface area is 56.7 Å². The van der Waals surface area contributed by atoms with Gasteiger partial charge in [0.05, 0.1) is 0 Å². The molecule has 0 atom stereocenters. The van der Waals surface area contributed by atoms with Crippen molar-refractivity contribution in [2.24, 2.45) is 0 Å². The van der Waals surface area contributed by atoms with Gasteiger partial charge in [-0.2, -0.15) is 0 Å². The molecule has 0 aliphatic heterocycles. The van der Waals surface area contributed by atoms with Gasteiger partial charge in [-0.05, 0) is 0 Å². The average Bonchev–Trinajstić information content (AvgIpc) is 1.14. The summed E-state index contributed by atoms with van der Waals surface area (Å²) in [5.41, 5.74) is 0. The standard InChI is InChI=1S/Mo.2H2O.5O.W/h;2*1H2;;;;;;/q+1;;;;;;;;+1/p-2. The van der Waals surface area contributed by atoms with Crippen molar-refractivity contribution in [3.8, 4) is 0 Å². The molecule has 0 amide bonds. The van der Waals surface area contributed by atoms with Crippen LogP contribution in [0.5, 0.6) is 0 Å². The molecule has 56 valence electrons. The molecule has 0 aromatic carbocycles. The van der Waals surface area contributed by atoms with Gasteiger partial charge in [-0.3, -0.25) is 0 Å². The van der Waals surface area contributed by atoms with E-state index >= 15 is 0 Å². The van der Waals surface area contributed by atoms with E-state index in [0.717, 1.165) is 0 Å². The second-order valence-corrected chi connectivity index (χ2v) is 9.33. The third-order valence-corrected chi connectivity index (χ3v) is 8.33. The van der Waals surface area contributed by atoms with E-state index in [1.165, 1.54) is 0 Å². The molecule has 0 rings (SSSR count). The van der Waals surface area contributed by atoms with Crippen LogP contribution in [0.15, 0.2) is 0 Å². The summed E-state index contributed by atoms with van der Waals surface area (Å²) in [6, 6.07) is 0. The zero-order valence-electron chi connectivity index (χ0n) is 3.75. The van der Waals surface area contributed by atoms with Crippen LogP contribution in [0.1, 0.15) is 0 Å². The Morgan fingerprint density at radius 2 is 1.67 bits per heavy atom. The van der Waals surface area contributed by atoms with Gasteiger partial charge in [-0.15, -0.1) is 0 Å². The summed E-state index contributed by atoms with van der Waals surface area (Å²) in [6.07, 6.45) is 0. The molecule has 0 aliphatic carbocycles. The van der Waals surface area contributed by atoms with Gasteiger partial charge in [0.15, 0.2) is 0 Å². The van der Waals surface area contributed by atoms with E-state index in [0.29, 0.717) is 0 Å². The molecule has 0 fully saturated rings. The average molecular weight is 394 g/mol. The fourth-order valence-electron chi connectivity index (χ4n) is 0.109. The van der Waals surface area contributed by atoms with Gasteiger partial charge in [-0.25, -0.2) is 0 Å². The third kappa shape index (κ3) is 8.46. The van der Waals surface area contributed by atoms with Crippen LogP contribution in [0, 0.1) is 0 Å². The second-order valence-electron chi connectivity index (χ2n) is 0.924. The summed E-state index contributed by atoms with van der Waals surface area (Å²) in [4.78, 5) is 0. The van der Waals surface area contributed by atoms with E-state index in [9.17, 15) is 13.6 Å². The van der Waals surface area contributed by atoms with Crippen molar-refractivity contribution in [1.82, 2.24) is 0 Å². The van der Waals surface area contributed by atoms with E-state index in [1.807, 2.05) is 0 Å². The van der Waals surface area contributed by atoms with Gasteiger partial charge in [0.1, 0.15) is 0 Å². The van der Waals surface area contributed by atoms with Crippen LogP contribution in [0.3, 0.4) is 0 Å². The molecule has 0 saturated carbocycles. The molecule has 0 spiro atoms. The Balaban J connectivity index is 4.46. The summed E-state index contributed by atoms with van der Waals surface area (Å²) in [5.74, 6) is 0. The van der Waals surface area contributed by atoms with Crippen LogP contribution in [0.2, 0.25) is 0 Å². The van der Waals surface area contributed by atoms with Crippen LogP contribution >= 0.6 is 0 Å². The fraction of sp³-hybridized carbons (Fsp3) is 0. The summed E-state index contributed by atoms with van der Waals surface area (Å²) in [5, 5.41) is 0. The summed E-state index contributed by atoms with van der Waals surface area (Å²) in [7, 11) is 0. The Morgan fingerprint density at radius 1 is 1.33 bits per heavy atom. The Bertz CT molecular complexity index is 234. The first-order chi connectivity index (χ1) is 3.71. The van der Waals surface area contributed by atoms with Crippen molar-refractivity contribution < 1.29 is 56.6 Å². The van der Waals surface area contributed by atoms with Crippen LogP contribution in [0.25, 0.3) is 0 Å². The first-order valence-corrected chi connectivity index (χ1v) is 9.63. The van der Waals surface area contributed by atoms with Crippen LogP contribution in [-0.2, 0) is 49.1 Å². The first kappa shape index (κ1) is 9.46. The zero-order valence-corrected chi connectivity index (χ0v) is 8.69. The van der Waals surface area contributed by atoms with E-state index in [2.05, 4.69) is 2.04 Å². The molecule has 0 heterocycles. The number of hydrogen-bond acceptors (Lipinski definition) is 5. The minimum atomic E-state index is -6.22. The predicted molar refractivity (Wildman–Crippen MR) is 8.27 cm³/mol. The topological polar surface area (TPSA) is 118 Å². The number of hydrogen-bond donors (Lipinski definition) is 2. The summed E-state index contributed by atoms with van der Waals surface area (Å²) >= 11 is -12.3. The molecule has 0 bridgehead atoms. The summed E-state index contributed by atoms with van der Waals surface area (Å²) < 4.78 is 56.7. The maximum absolute atomic E-state index is 9.59. The zero-order chi connectivity index (χ0) is 7.71. The van der Waals surface area contributed by atoms with Gasteiger partial charge in [-0.1, -0.05) is 0 Å². The molecule has 0 aliphatic rings. The molecule has 2 N–H and O–H groups in total. The van der Waals surface area contributed by atoms with Crippen molar-refractivity contribution in [2.75, 3.05) is 0 Å². The molecule has 0 saturated heterocycles. The Kier molecular flexibility index (Phi) is 2.73. The fourth-order valence-corrected chi connectivity index (χ4v) is 5.26. The van der Waals surface area contributed by atoms with Crippen molar-refractivity contribution >= 4 is 0 Å². The van der Waals surface area contributed by atoms with Crippen LogP contribution in [0.4, 0.5) is 0 Å². The molecule has 7 nitrogen and oxygen atoms in total. The van der Waals surface area contributed by atoms with Crippen molar-refractivity contribution in [2.45, 2.75) is 0 Å². The molecular weight excluding hydrogens is 392 g/mol.